The number of nitrogens with one attached hydrogen (secondary N) is 1. The van der Waals surface area contributed by atoms with Gasteiger partial charge in [0, 0.05) is 16.8 Å². The van der Waals surface area contributed by atoms with Crippen molar-refractivity contribution in [3.63, 3.8) is 0 Å². The Balaban J connectivity index is 2.15. The van der Waals surface area contributed by atoms with Crippen LogP contribution in [0.2, 0.25) is 5.02 Å². The summed E-state index contributed by atoms with van der Waals surface area (Å²) in [5, 5.41) is 4.61. The van der Waals surface area contributed by atoms with Crippen molar-refractivity contribution in [3.05, 3.63) is 41.0 Å². The molecule has 0 bridgehead atoms. The predicted octanol–water partition coefficient (Wildman–Crippen LogP) is 3.78. The third-order valence-corrected chi connectivity index (χ3v) is 2.83. The number of fused-ring (bicyclic) bond motifs is 1. The number of halogens is 1. The second kappa shape index (κ2) is 3.39. The quantitative estimate of drug-likeness (QED) is 0.694. The van der Waals surface area contributed by atoms with Crippen LogP contribution < -0.4 is 0 Å². The molecule has 0 atom stereocenters. The molecule has 0 unspecified atom stereocenters. The summed E-state index contributed by atoms with van der Waals surface area (Å²) in [5.41, 5.74) is 4.69. The fraction of sp³-hybridized carbons (Fsp3) is 0.0833. The largest absolute Gasteiger partial charge is 0.354 e. The maximum absolute atomic E-state index is 5.84. The Labute approximate surface area is 97.0 Å². The van der Waals surface area contributed by atoms with Crippen LogP contribution in [0.25, 0.3) is 22.4 Å². The molecule has 1 aromatic carbocycles. The van der Waals surface area contributed by atoms with Gasteiger partial charge in [-0.1, -0.05) is 28.9 Å². The van der Waals surface area contributed by atoms with E-state index in [4.69, 9.17) is 16.1 Å². The van der Waals surface area contributed by atoms with Crippen molar-refractivity contribution in [1.29, 1.82) is 0 Å². The molecule has 0 aliphatic heterocycles. The number of hydrogen-bond donors (Lipinski definition) is 1. The average Bonchev–Trinajstić information content (AvgIpc) is 2.83. The van der Waals surface area contributed by atoms with Crippen LogP contribution in [-0.2, 0) is 0 Å². The molecule has 2 heterocycles. The summed E-state index contributed by atoms with van der Waals surface area (Å²) in [6.45, 7) is 1.91. The number of hydrogen-bond acceptors (Lipinski definition) is 2. The molecule has 4 heteroatoms. The lowest BCUT2D eigenvalue weighted by atomic mass is 10.2. The van der Waals surface area contributed by atoms with Gasteiger partial charge < -0.3 is 9.51 Å². The van der Waals surface area contributed by atoms with Gasteiger partial charge in [-0.2, -0.15) is 0 Å². The normalized spacial score (nSPS) is 11.1. The molecule has 0 saturated carbocycles. The van der Waals surface area contributed by atoms with Crippen LogP contribution in [0.15, 0.2) is 34.9 Å². The molecule has 80 valence electrons. The Kier molecular flexibility index (Phi) is 2.01. The van der Waals surface area contributed by atoms with Crippen LogP contribution in [0, 0.1) is 6.92 Å². The smallest absolute Gasteiger partial charge is 0.185 e. The van der Waals surface area contributed by atoms with Crippen molar-refractivity contribution in [2.75, 3.05) is 0 Å². The van der Waals surface area contributed by atoms with Crippen molar-refractivity contribution in [2.24, 2.45) is 0 Å². The Hall–Kier alpha value is -1.74. The van der Waals surface area contributed by atoms with Crippen molar-refractivity contribution >= 4 is 22.7 Å². The van der Waals surface area contributed by atoms with Crippen LogP contribution in [0.5, 0.6) is 0 Å². The van der Waals surface area contributed by atoms with Crippen LogP contribution in [0.1, 0.15) is 5.69 Å². The topological polar surface area (TPSA) is 41.8 Å². The van der Waals surface area contributed by atoms with E-state index in [1.54, 1.807) is 0 Å². The highest BCUT2D eigenvalue weighted by Gasteiger charge is 2.09. The second-order valence-electron chi connectivity index (χ2n) is 3.70. The summed E-state index contributed by atoms with van der Waals surface area (Å²) >= 11 is 5.84. The van der Waals surface area contributed by atoms with Gasteiger partial charge in [0.25, 0.3) is 0 Å². The summed E-state index contributed by atoms with van der Waals surface area (Å²) in [6.07, 6.45) is 0. The van der Waals surface area contributed by atoms with Gasteiger partial charge in [-0.25, -0.2) is 0 Å². The monoisotopic (exact) mass is 232 g/mol. The average molecular weight is 233 g/mol. The van der Waals surface area contributed by atoms with E-state index in [0.29, 0.717) is 0 Å². The third kappa shape index (κ3) is 1.41. The van der Waals surface area contributed by atoms with Gasteiger partial charge in [-0.05, 0) is 24.6 Å². The number of benzene rings is 1. The van der Waals surface area contributed by atoms with Crippen molar-refractivity contribution in [3.8, 4) is 11.3 Å². The van der Waals surface area contributed by atoms with Crippen LogP contribution in [0.4, 0.5) is 0 Å². The van der Waals surface area contributed by atoms with E-state index in [0.717, 1.165) is 33.1 Å². The molecular formula is C12H9ClN2O. The van der Waals surface area contributed by atoms with Crippen LogP contribution in [-0.4, -0.2) is 10.1 Å². The van der Waals surface area contributed by atoms with Crippen molar-refractivity contribution < 1.29 is 4.52 Å². The van der Waals surface area contributed by atoms with E-state index < -0.39 is 0 Å². The zero-order valence-electron chi connectivity index (χ0n) is 8.62. The molecule has 0 spiro atoms. The number of rotatable bonds is 1. The first kappa shape index (κ1) is 9.48. The number of aryl methyl sites for hydroxylation is 1. The lowest BCUT2D eigenvalue weighted by Gasteiger charge is -1.97. The first-order valence-corrected chi connectivity index (χ1v) is 5.33. The number of H-pyrrole nitrogens is 1. The molecule has 16 heavy (non-hydrogen) atoms. The molecular weight excluding hydrogens is 224 g/mol. The van der Waals surface area contributed by atoms with Crippen LogP contribution in [0.3, 0.4) is 0 Å². The molecule has 1 N–H and O–H groups in total. The fourth-order valence-corrected chi connectivity index (χ4v) is 1.85. The Morgan fingerprint density at radius 1 is 1.25 bits per heavy atom. The predicted molar refractivity (Wildman–Crippen MR) is 63.5 cm³/mol. The van der Waals surface area contributed by atoms with Crippen LogP contribution >= 0.6 is 11.6 Å². The number of aromatic amines is 1. The molecule has 3 aromatic rings. The lowest BCUT2D eigenvalue weighted by molar-refractivity contribution is 0.450. The van der Waals surface area contributed by atoms with Crippen molar-refractivity contribution in [2.45, 2.75) is 6.92 Å². The maximum Gasteiger partial charge on any atom is 0.185 e. The SMILES string of the molecule is Cc1noc2cc(-c3ccc(Cl)cc3)[nH]c12. The van der Waals surface area contributed by atoms with E-state index in [-0.39, 0.29) is 0 Å². The van der Waals surface area contributed by atoms with Gasteiger partial charge in [-0.15, -0.1) is 0 Å². The fourth-order valence-electron chi connectivity index (χ4n) is 1.72. The maximum atomic E-state index is 5.84. The summed E-state index contributed by atoms with van der Waals surface area (Å²) < 4.78 is 5.17. The molecule has 3 rings (SSSR count). The van der Waals surface area contributed by atoms with E-state index in [9.17, 15) is 0 Å². The van der Waals surface area contributed by atoms with Gasteiger partial charge in [-0.3, -0.25) is 0 Å². The Bertz CT molecular complexity index is 637. The highest BCUT2D eigenvalue weighted by atomic mass is 35.5. The Morgan fingerprint density at radius 2 is 2.00 bits per heavy atom. The molecule has 0 amide bonds. The molecule has 0 aliphatic carbocycles. The zero-order chi connectivity index (χ0) is 11.1. The van der Waals surface area contributed by atoms with E-state index >= 15 is 0 Å². The molecule has 0 fully saturated rings. The summed E-state index contributed by atoms with van der Waals surface area (Å²) in [5.74, 6) is 0. The molecule has 0 radical (unpaired) electrons. The number of aromatic nitrogens is 2. The molecule has 3 nitrogen and oxygen atoms in total. The summed E-state index contributed by atoms with van der Waals surface area (Å²) in [7, 11) is 0. The summed E-state index contributed by atoms with van der Waals surface area (Å²) in [4.78, 5) is 3.28. The minimum Gasteiger partial charge on any atom is -0.354 e. The first-order valence-electron chi connectivity index (χ1n) is 4.95. The van der Waals surface area contributed by atoms with E-state index in [2.05, 4.69) is 10.1 Å². The standard InChI is InChI=1S/C12H9ClN2O/c1-7-12-11(16-15-7)6-10(14-12)8-2-4-9(13)5-3-8/h2-6,14H,1H3. The summed E-state index contributed by atoms with van der Waals surface area (Å²) in [6, 6.07) is 9.61. The minimum atomic E-state index is 0.733. The number of nitrogens with zero attached hydrogens (tertiary/aromatic N) is 1. The van der Waals surface area contributed by atoms with Gasteiger partial charge >= 0.3 is 0 Å². The second-order valence-corrected chi connectivity index (χ2v) is 4.13. The minimum absolute atomic E-state index is 0.733. The van der Waals surface area contributed by atoms with E-state index in [1.807, 2.05) is 37.3 Å². The van der Waals surface area contributed by atoms with Gasteiger partial charge in [0.15, 0.2) is 5.58 Å². The van der Waals surface area contributed by atoms with Gasteiger partial charge in [0.2, 0.25) is 0 Å². The van der Waals surface area contributed by atoms with E-state index in [1.165, 1.54) is 0 Å². The first-order chi connectivity index (χ1) is 7.74. The zero-order valence-corrected chi connectivity index (χ0v) is 9.38. The van der Waals surface area contributed by atoms with Gasteiger partial charge in [0.05, 0.1) is 0 Å². The third-order valence-electron chi connectivity index (χ3n) is 2.58. The molecule has 2 aromatic heterocycles. The molecule has 0 saturated heterocycles. The highest BCUT2D eigenvalue weighted by Crippen LogP contribution is 2.26. The highest BCUT2D eigenvalue weighted by molar-refractivity contribution is 6.30. The lowest BCUT2D eigenvalue weighted by Crippen LogP contribution is -1.77. The van der Waals surface area contributed by atoms with Crippen molar-refractivity contribution in [1.82, 2.24) is 10.1 Å². The molecule has 0 aliphatic rings. The Morgan fingerprint density at radius 3 is 2.69 bits per heavy atom. The van der Waals surface area contributed by atoms with Gasteiger partial charge in [0.1, 0.15) is 11.2 Å².